The van der Waals surface area contributed by atoms with E-state index in [0.717, 1.165) is 29.7 Å². The first-order chi connectivity index (χ1) is 17.4. The van der Waals surface area contributed by atoms with Crippen molar-refractivity contribution in [1.82, 2.24) is 0 Å². The van der Waals surface area contributed by atoms with E-state index in [-0.39, 0.29) is 48.3 Å². The monoisotopic (exact) mass is 486 g/mol. The van der Waals surface area contributed by atoms with Gasteiger partial charge >= 0.3 is 5.97 Å². The first kappa shape index (κ1) is 24.0. The summed E-state index contributed by atoms with van der Waals surface area (Å²) in [5, 5.41) is 0. The Morgan fingerprint density at radius 3 is 2.14 bits per heavy atom. The summed E-state index contributed by atoms with van der Waals surface area (Å²) in [6.07, 6.45) is 6.69. The van der Waals surface area contributed by atoms with Gasteiger partial charge in [0.05, 0.1) is 23.4 Å². The van der Waals surface area contributed by atoms with E-state index in [1.807, 2.05) is 30.4 Å². The molecule has 5 rings (SSSR count). The Kier molecular flexibility index (Phi) is 6.48. The standard InChI is InChI=1S/C29H30N2O5/c1-3-18-9-7-10-19(4-2)26(18)30-17-20(15-25(30)32)29(35)36-22-12-8-11-21(16-22)31-27(33)23-13-5-6-14-24(23)28(31)34/h5-12,16,20,23-24H,3-4,13-15,17H2,1-2H3/t20-,23+,24+/m1/s1. The van der Waals surface area contributed by atoms with Gasteiger partial charge in [-0.15, -0.1) is 0 Å². The number of amides is 3. The van der Waals surface area contributed by atoms with Crippen LogP contribution in [0, 0.1) is 17.8 Å². The molecular weight excluding hydrogens is 456 g/mol. The Balaban J connectivity index is 1.32. The van der Waals surface area contributed by atoms with Crippen molar-refractivity contribution in [3.8, 4) is 5.75 Å². The van der Waals surface area contributed by atoms with Crippen molar-refractivity contribution in [2.24, 2.45) is 17.8 Å². The van der Waals surface area contributed by atoms with Crippen LogP contribution in [-0.2, 0) is 32.0 Å². The van der Waals surface area contributed by atoms with E-state index >= 15 is 0 Å². The van der Waals surface area contributed by atoms with Crippen LogP contribution in [0.3, 0.4) is 0 Å². The molecule has 7 heteroatoms. The number of nitrogens with zero attached hydrogens (tertiary/aromatic N) is 2. The average Bonchev–Trinajstić information content (AvgIpc) is 3.40. The number of ether oxygens (including phenoxy) is 1. The number of rotatable bonds is 6. The third-order valence-corrected chi connectivity index (χ3v) is 7.50. The van der Waals surface area contributed by atoms with Gasteiger partial charge in [-0.25, -0.2) is 4.90 Å². The number of carbonyl (C=O) groups excluding carboxylic acids is 4. The highest BCUT2D eigenvalue weighted by molar-refractivity contribution is 6.22. The molecule has 1 aliphatic carbocycles. The number of imide groups is 1. The largest absolute Gasteiger partial charge is 0.426 e. The molecule has 3 aliphatic rings. The van der Waals surface area contributed by atoms with Crippen LogP contribution in [-0.4, -0.2) is 30.2 Å². The summed E-state index contributed by atoms with van der Waals surface area (Å²) in [7, 11) is 0. The van der Waals surface area contributed by atoms with Gasteiger partial charge in [0.15, 0.2) is 0 Å². The van der Waals surface area contributed by atoms with Crippen molar-refractivity contribution in [3.63, 3.8) is 0 Å². The quantitative estimate of drug-likeness (QED) is 0.264. The Labute approximate surface area is 210 Å². The van der Waals surface area contributed by atoms with Gasteiger partial charge in [-0.3, -0.25) is 19.2 Å². The lowest BCUT2D eigenvalue weighted by molar-refractivity contribution is -0.139. The van der Waals surface area contributed by atoms with Crippen molar-refractivity contribution in [1.29, 1.82) is 0 Å². The SMILES string of the molecule is CCc1cccc(CC)c1N1C[C@H](C(=O)Oc2cccc(N3C(=O)[C@H]4CC=CC[C@@H]4C3=O)c2)CC1=O. The molecule has 0 spiro atoms. The maximum atomic E-state index is 13.1. The molecule has 2 aromatic rings. The van der Waals surface area contributed by atoms with Crippen molar-refractivity contribution >= 4 is 35.1 Å². The fourth-order valence-corrected chi connectivity index (χ4v) is 5.58. The molecule has 0 bridgehead atoms. The van der Waals surface area contributed by atoms with Gasteiger partial charge < -0.3 is 9.64 Å². The smallest absolute Gasteiger partial charge is 0.316 e. The number of hydrogen-bond donors (Lipinski definition) is 0. The normalized spacial score (nSPS) is 23.4. The average molecular weight is 487 g/mol. The van der Waals surface area contributed by atoms with Gasteiger partial charge in [-0.2, -0.15) is 0 Å². The van der Waals surface area contributed by atoms with Gasteiger partial charge in [-0.1, -0.05) is 50.3 Å². The van der Waals surface area contributed by atoms with Crippen molar-refractivity contribution in [3.05, 3.63) is 65.7 Å². The van der Waals surface area contributed by atoms with Gasteiger partial charge in [0.1, 0.15) is 5.75 Å². The summed E-state index contributed by atoms with van der Waals surface area (Å²) >= 11 is 0. The molecule has 186 valence electrons. The first-order valence-corrected chi connectivity index (χ1v) is 12.7. The molecule has 3 amide bonds. The van der Waals surface area contributed by atoms with Crippen LogP contribution in [0.25, 0.3) is 0 Å². The topological polar surface area (TPSA) is 84.0 Å². The van der Waals surface area contributed by atoms with E-state index in [0.29, 0.717) is 18.5 Å². The summed E-state index contributed by atoms with van der Waals surface area (Å²) in [4.78, 5) is 54.8. The highest BCUT2D eigenvalue weighted by Gasteiger charge is 2.48. The number of hydrogen-bond acceptors (Lipinski definition) is 5. The summed E-state index contributed by atoms with van der Waals surface area (Å²) in [6, 6.07) is 12.5. The maximum Gasteiger partial charge on any atom is 0.316 e. The lowest BCUT2D eigenvalue weighted by atomic mass is 9.85. The zero-order chi connectivity index (χ0) is 25.4. The summed E-state index contributed by atoms with van der Waals surface area (Å²) in [5.74, 6) is -2.02. The van der Waals surface area contributed by atoms with Crippen molar-refractivity contribution in [2.75, 3.05) is 16.3 Å². The zero-order valence-electron chi connectivity index (χ0n) is 20.6. The molecule has 0 unspecified atom stereocenters. The van der Waals surface area contributed by atoms with Crippen molar-refractivity contribution in [2.45, 2.75) is 46.0 Å². The Bertz CT molecular complexity index is 1220. The fourth-order valence-electron chi connectivity index (χ4n) is 5.58. The summed E-state index contributed by atoms with van der Waals surface area (Å²) < 4.78 is 5.65. The van der Waals surface area contributed by atoms with Gasteiger partial charge in [-0.05, 0) is 48.9 Å². The van der Waals surface area contributed by atoms with E-state index in [1.165, 1.54) is 4.90 Å². The highest BCUT2D eigenvalue weighted by atomic mass is 16.5. The second-order valence-corrected chi connectivity index (χ2v) is 9.62. The zero-order valence-corrected chi connectivity index (χ0v) is 20.6. The number of benzene rings is 2. The predicted octanol–water partition coefficient (Wildman–Crippen LogP) is 4.23. The number of aryl methyl sites for hydroxylation is 2. The molecule has 0 radical (unpaired) electrons. The number of carbonyl (C=O) groups is 4. The third kappa shape index (κ3) is 4.12. The van der Waals surface area contributed by atoms with Crippen LogP contribution in [0.15, 0.2) is 54.6 Å². The van der Waals surface area contributed by atoms with Gasteiger partial charge in [0, 0.05) is 24.7 Å². The molecule has 3 atom stereocenters. The molecule has 2 heterocycles. The molecule has 0 saturated carbocycles. The lowest BCUT2D eigenvalue weighted by Crippen LogP contribution is -2.31. The van der Waals surface area contributed by atoms with E-state index in [4.69, 9.17) is 4.74 Å². The molecular formula is C29H30N2O5. The van der Waals surface area contributed by atoms with Crippen LogP contribution in [0.2, 0.25) is 0 Å². The van der Waals surface area contributed by atoms with Crippen LogP contribution >= 0.6 is 0 Å². The van der Waals surface area contributed by atoms with E-state index in [1.54, 1.807) is 29.2 Å². The van der Waals surface area contributed by atoms with E-state index in [9.17, 15) is 19.2 Å². The minimum atomic E-state index is -0.597. The molecule has 2 aromatic carbocycles. The predicted molar refractivity (Wildman–Crippen MR) is 136 cm³/mol. The second-order valence-electron chi connectivity index (χ2n) is 9.62. The van der Waals surface area contributed by atoms with Crippen LogP contribution < -0.4 is 14.5 Å². The molecule has 7 nitrogen and oxygen atoms in total. The van der Waals surface area contributed by atoms with E-state index in [2.05, 4.69) is 13.8 Å². The molecule has 0 aromatic heterocycles. The molecule has 36 heavy (non-hydrogen) atoms. The summed E-state index contributed by atoms with van der Waals surface area (Å²) in [5.41, 5.74) is 3.48. The first-order valence-electron chi connectivity index (χ1n) is 12.7. The van der Waals surface area contributed by atoms with Gasteiger partial charge in [0.2, 0.25) is 17.7 Å². The second kappa shape index (κ2) is 9.72. The van der Waals surface area contributed by atoms with Crippen molar-refractivity contribution < 1.29 is 23.9 Å². The molecule has 0 N–H and O–H groups in total. The molecule has 2 saturated heterocycles. The number of para-hydroxylation sites is 1. The highest BCUT2D eigenvalue weighted by Crippen LogP contribution is 2.39. The number of esters is 1. The Morgan fingerprint density at radius 1 is 0.917 bits per heavy atom. The van der Waals surface area contributed by atoms with Gasteiger partial charge in [0.25, 0.3) is 0 Å². The minimum Gasteiger partial charge on any atom is -0.426 e. The van der Waals surface area contributed by atoms with Crippen LogP contribution in [0.5, 0.6) is 5.75 Å². The number of fused-ring (bicyclic) bond motifs is 1. The number of allylic oxidation sites excluding steroid dienone is 2. The molecule has 2 fully saturated rings. The number of anilines is 2. The Morgan fingerprint density at radius 2 is 1.53 bits per heavy atom. The summed E-state index contributed by atoms with van der Waals surface area (Å²) in [6.45, 7) is 4.37. The van der Waals surface area contributed by atoms with Crippen LogP contribution in [0.1, 0.15) is 44.2 Å². The fraction of sp³-hybridized carbons (Fsp3) is 0.379. The minimum absolute atomic E-state index is 0.0825. The third-order valence-electron chi connectivity index (χ3n) is 7.50. The Hall–Kier alpha value is -3.74. The molecule has 2 aliphatic heterocycles. The van der Waals surface area contributed by atoms with Crippen LogP contribution in [0.4, 0.5) is 11.4 Å². The lowest BCUT2D eigenvalue weighted by Gasteiger charge is -2.23. The van der Waals surface area contributed by atoms with E-state index < -0.39 is 11.9 Å². The maximum absolute atomic E-state index is 13.1.